The number of nitrogens with one attached hydrogen (secondary N) is 1. The molecule has 0 aliphatic carbocycles. The summed E-state index contributed by atoms with van der Waals surface area (Å²) in [4.78, 5) is 4.37. The summed E-state index contributed by atoms with van der Waals surface area (Å²) in [5.74, 6) is 0.731. The summed E-state index contributed by atoms with van der Waals surface area (Å²) in [6, 6.07) is 0. The van der Waals surface area contributed by atoms with Gasteiger partial charge < -0.3 is 14.5 Å². The van der Waals surface area contributed by atoms with Gasteiger partial charge in [-0.25, -0.2) is 4.98 Å². The summed E-state index contributed by atoms with van der Waals surface area (Å²) in [5.41, 5.74) is 0.941. The van der Waals surface area contributed by atoms with E-state index >= 15 is 0 Å². The molecule has 1 aromatic heterocycles. The number of hydrogen-bond acceptors (Lipinski definition) is 4. The van der Waals surface area contributed by atoms with E-state index in [2.05, 4.69) is 10.3 Å². The van der Waals surface area contributed by atoms with E-state index in [1.54, 1.807) is 6.26 Å². The van der Waals surface area contributed by atoms with E-state index in [9.17, 15) is 0 Å². The monoisotopic (exact) mass is 196 g/mol. The van der Waals surface area contributed by atoms with E-state index in [0.717, 1.165) is 37.6 Å². The molecule has 1 N–H and O–H groups in total. The Hall–Kier alpha value is -0.870. The molecule has 4 heteroatoms. The Morgan fingerprint density at radius 2 is 2.50 bits per heavy atom. The van der Waals surface area contributed by atoms with Crippen molar-refractivity contribution >= 4 is 0 Å². The third kappa shape index (κ3) is 2.13. The Labute approximate surface area is 83.7 Å². The summed E-state index contributed by atoms with van der Waals surface area (Å²) >= 11 is 0. The highest BCUT2D eigenvalue weighted by molar-refractivity contribution is 4.98. The molecule has 2 rings (SSSR count). The van der Waals surface area contributed by atoms with Crippen molar-refractivity contribution in [1.82, 2.24) is 10.3 Å². The minimum Gasteiger partial charge on any atom is -0.446 e. The molecule has 0 saturated carbocycles. The molecule has 1 atom stereocenters. The lowest BCUT2D eigenvalue weighted by Gasteiger charge is -2.19. The molecule has 0 spiro atoms. The zero-order chi connectivity index (χ0) is 9.80. The molecule has 14 heavy (non-hydrogen) atoms. The fraction of sp³-hybridized carbons (Fsp3) is 0.700. The third-order valence-electron chi connectivity index (χ3n) is 2.38. The van der Waals surface area contributed by atoms with Crippen LogP contribution >= 0.6 is 0 Å². The summed E-state index contributed by atoms with van der Waals surface area (Å²) in [5, 5.41) is 3.04. The summed E-state index contributed by atoms with van der Waals surface area (Å²) in [6.07, 6.45) is 5.16. The molecule has 78 valence electrons. The molecule has 1 aliphatic rings. The Morgan fingerprint density at radius 1 is 1.57 bits per heavy atom. The van der Waals surface area contributed by atoms with Crippen molar-refractivity contribution in [3.63, 3.8) is 0 Å². The van der Waals surface area contributed by atoms with Gasteiger partial charge in [-0.1, -0.05) is 0 Å². The standard InChI is InChI=1S/C10H16N2O2/c1-11-6-8-7-14-10(12-8)9-4-2-3-5-13-9/h7,9,11H,2-6H2,1H3. The quantitative estimate of drug-likeness (QED) is 0.798. The Kier molecular flexibility index (Phi) is 3.16. The van der Waals surface area contributed by atoms with Crippen LogP contribution in [0.15, 0.2) is 10.7 Å². The van der Waals surface area contributed by atoms with Crippen LogP contribution in [0.2, 0.25) is 0 Å². The zero-order valence-electron chi connectivity index (χ0n) is 8.45. The van der Waals surface area contributed by atoms with Crippen LogP contribution in [0, 0.1) is 0 Å². The minimum atomic E-state index is 0.0781. The highest BCUT2D eigenvalue weighted by Gasteiger charge is 2.20. The predicted octanol–water partition coefficient (Wildman–Crippen LogP) is 1.64. The van der Waals surface area contributed by atoms with Gasteiger partial charge in [0.25, 0.3) is 0 Å². The van der Waals surface area contributed by atoms with Gasteiger partial charge in [0, 0.05) is 13.2 Å². The highest BCUT2D eigenvalue weighted by Crippen LogP contribution is 2.26. The third-order valence-corrected chi connectivity index (χ3v) is 2.38. The van der Waals surface area contributed by atoms with E-state index in [-0.39, 0.29) is 6.10 Å². The van der Waals surface area contributed by atoms with Crippen molar-refractivity contribution in [3.8, 4) is 0 Å². The lowest BCUT2D eigenvalue weighted by Crippen LogP contribution is -2.12. The zero-order valence-corrected chi connectivity index (χ0v) is 8.45. The molecule has 0 radical (unpaired) electrons. The van der Waals surface area contributed by atoms with Gasteiger partial charge in [-0.05, 0) is 26.3 Å². The van der Waals surface area contributed by atoms with Crippen molar-refractivity contribution in [3.05, 3.63) is 17.8 Å². The molecule has 1 aromatic rings. The van der Waals surface area contributed by atoms with Crippen molar-refractivity contribution in [2.45, 2.75) is 31.9 Å². The van der Waals surface area contributed by atoms with Gasteiger partial charge in [-0.2, -0.15) is 0 Å². The van der Waals surface area contributed by atoms with Gasteiger partial charge in [0.2, 0.25) is 5.89 Å². The maximum absolute atomic E-state index is 5.58. The number of oxazole rings is 1. The highest BCUT2D eigenvalue weighted by atomic mass is 16.5. The second-order valence-corrected chi connectivity index (χ2v) is 3.56. The molecule has 2 heterocycles. The first-order chi connectivity index (χ1) is 6.90. The van der Waals surface area contributed by atoms with Crippen molar-refractivity contribution < 1.29 is 9.15 Å². The van der Waals surface area contributed by atoms with Gasteiger partial charge in [0.05, 0.1) is 5.69 Å². The molecular formula is C10H16N2O2. The van der Waals surface area contributed by atoms with Crippen LogP contribution in [0.3, 0.4) is 0 Å². The van der Waals surface area contributed by atoms with Gasteiger partial charge in [0.15, 0.2) is 0 Å². The number of aromatic nitrogens is 1. The second-order valence-electron chi connectivity index (χ2n) is 3.56. The molecule has 4 nitrogen and oxygen atoms in total. The Balaban J connectivity index is 2.00. The normalized spacial score (nSPS) is 22.5. The van der Waals surface area contributed by atoms with Crippen LogP contribution in [0.25, 0.3) is 0 Å². The lowest BCUT2D eigenvalue weighted by atomic mass is 10.1. The summed E-state index contributed by atoms with van der Waals surface area (Å²) in [6.45, 7) is 1.57. The molecular weight excluding hydrogens is 180 g/mol. The molecule has 1 unspecified atom stereocenters. The van der Waals surface area contributed by atoms with Crippen LogP contribution in [0.1, 0.15) is 37.0 Å². The van der Waals surface area contributed by atoms with E-state index in [0.29, 0.717) is 0 Å². The fourth-order valence-corrected chi connectivity index (χ4v) is 1.67. The van der Waals surface area contributed by atoms with Gasteiger partial charge >= 0.3 is 0 Å². The average molecular weight is 196 g/mol. The first-order valence-corrected chi connectivity index (χ1v) is 5.10. The number of nitrogens with zero attached hydrogens (tertiary/aromatic N) is 1. The van der Waals surface area contributed by atoms with Crippen LogP contribution in [0.4, 0.5) is 0 Å². The van der Waals surface area contributed by atoms with Crippen molar-refractivity contribution in [2.75, 3.05) is 13.7 Å². The first kappa shape index (κ1) is 9.68. The van der Waals surface area contributed by atoms with Crippen LogP contribution in [-0.4, -0.2) is 18.6 Å². The van der Waals surface area contributed by atoms with Crippen LogP contribution in [0.5, 0.6) is 0 Å². The lowest BCUT2D eigenvalue weighted by molar-refractivity contribution is -0.00149. The molecule has 0 bridgehead atoms. The Bertz CT molecular complexity index is 279. The van der Waals surface area contributed by atoms with Gasteiger partial charge in [0.1, 0.15) is 12.4 Å². The van der Waals surface area contributed by atoms with Gasteiger partial charge in [-0.15, -0.1) is 0 Å². The molecule has 1 aliphatic heterocycles. The van der Waals surface area contributed by atoms with Crippen LogP contribution < -0.4 is 5.32 Å². The van der Waals surface area contributed by atoms with Crippen molar-refractivity contribution in [2.24, 2.45) is 0 Å². The van der Waals surface area contributed by atoms with E-state index < -0.39 is 0 Å². The van der Waals surface area contributed by atoms with E-state index in [1.807, 2.05) is 7.05 Å². The number of hydrogen-bond donors (Lipinski definition) is 1. The molecule has 0 amide bonds. The number of rotatable bonds is 3. The average Bonchev–Trinajstić information content (AvgIpc) is 2.68. The van der Waals surface area contributed by atoms with Gasteiger partial charge in [-0.3, -0.25) is 0 Å². The second kappa shape index (κ2) is 4.57. The maximum atomic E-state index is 5.58. The first-order valence-electron chi connectivity index (χ1n) is 5.10. The summed E-state index contributed by atoms with van der Waals surface area (Å²) in [7, 11) is 1.89. The van der Waals surface area contributed by atoms with E-state index in [1.165, 1.54) is 6.42 Å². The SMILES string of the molecule is CNCc1coc(C2CCCCO2)n1. The maximum Gasteiger partial charge on any atom is 0.223 e. The minimum absolute atomic E-state index is 0.0781. The van der Waals surface area contributed by atoms with Crippen molar-refractivity contribution in [1.29, 1.82) is 0 Å². The topological polar surface area (TPSA) is 47.3 Å². The predicted molar refractivity (Wildman–Crippen MR) is 51.8 cm³/mol. The smallest absolute Gasteiger partial charge is 0.223 e. The Morgan fingerprint density at radius 3 is 3.21 bits per heavy atom. The number of ether oxygens (including phenoxy) is 1. The largest absolute Gasteiger partial charge is 0.446 e. The molecule has 1 saturated heterocycles. The van der Waals surface area contributed by atoms with E-state index in [4.69, 9.17) is 9.15 Å². The summed E-state index contributed by atoms with van der Waals surface area (Å²) < 4.78 is 11.0. The fourth-order valence-electron chi connectivity index (χ4n) is 1.67. The molecule has 0 aromatic carbocycles. The van der Waals surface area contributed by atoms with Crippen LogP contribution in [-0.2, 0) is 11.3 Å². The molecule has 1 fully saturated rings.